The highest BCUT2D eigenvalue weighted by atomic mass is 32.2. The van der Waals surface area contributed by atoms with Gasteiger partial charge in [0.25, 0.3) is 5.91 Å². The topological polar surface area (TPSA) is 76.1 Å². The molecule has 1 aromatic carbocycles. The Morgan fingerprint density at radius 1 is 1.14 bits per heavy atom. The Bertz CT molecular complexity index is 788. The summed E-state index contributed by atoms with van der Waals surface area (Å²) in [6, 6.07) is 11.1. The van der Waals surface area contributed by atoms with Crippen molar-refractivity contribution in [2.75, 3.05) is 11.5 Å². The first-order chi connectivity index (χ1) is 10.5. The van der Waals surface area contributed by atoms with Crippen LogP contribution in [0.4, 0.5) is 0 Å². The fraction of sp³-hybridized carbons (Fsp3) is 0.250. The number of pyridine rings is 1. The number of benzene rings is 1. The number of amides is 1. The predicted octanol–water partition coefficient (Wildman–Crippen LogP) is 1.67. The number of nitrogens with zero attached hydrogens (tertiary/aromatic N) is 1. The zero-order valence-corrected chi connectivity index (χ0v) is 12.7. The van der Waals surface area contributed by atoms with E-state index in [4.69, 9.17) is 0 Å². The fourth-order valence-electron chi connectivity index (χ4n) is 2.53. The van der Waals surface area contributed by atoms with Crippen molar-refractivity contribution in [3.05, 3.63) is 54.4 Å². The molecule has 1 unspecified atom stereocenters. The van der Waals surface area contributed by atoms with Gasteiger partial charge in [-0.15, -0.1) is 0 Å². The SMILES string of the molecule is O=C(NC1CCS(=O)(=O)C1)c1cncc(-c2ccccc2)c1. The molecule has 1 N–H and O–H groups in total. The number of sulfone groups is 1. The summed E-state index contributed by atoms with van der Waals surface area (Å²) in [5.74, 6) is -0.127. The molecule has 5 nitrogen and oxygen atoms in total. The maximum atomic E-state index is 12.2. The van der Waals surface area contributed by atoms with Gasteiger partial charge in [0.05, 0.1) is 17.1 Å². The van der Waals surface area contributed by atoms with Crippen LogP contribution in [0, 0.1) is 0 Å². The van der Waals surface area contributed by atoms with Gasteiger partial charge in [-0.2, -0.15) is 0 Å². The average Bonchev–Trinajstić information content (AvgIpc) is 2.87. The van der Waals surface area contributed by atoms with Gasteiger partial charge in [-0.1, -0.05) is 30.3 Å². The van der Waals surface area contributed by atoms with Gasteiger partial charge in [0, 0.05) is 24.0 Å². The summed E-state index contributed by atoms with van der Waals surface area (Å²) in [7, 11) is -3.00. The molecular weight excluding hydrogens is 300 g/mol. The molecule has 1 aliphatic heterocycles. The molecule has 1 atom stereocenters. The van der Waals surface area contributed by atoms with Crippen LogP contribution in [0.25, 0.3) is 11.1 Å². The van der Waals surface area contributed by atoms with Crippen LogP contribution in [0.3, 0.4) is 0 Å². The minimum absolute atomic E-state index is 0.0184. The second-order valence-corrected chi connectivity index (χ2v) is 7.63. The fourth-order valence-corrected chi connectivity index (χ4v) is 4.20. The van der Waals surface area contributed by atoms with Gasteiger partial charge in [-0.3, -0.25) is 9.78 Å². The second kappa shape index (κ2) is 5.88. The predicted molar refractivity (Wildman–Crippen MR) is 84.2 cm³/mol. The van der Waals surface area contributed by atoms with Crippen LogP contribution in [0.5, 0.6) is 0 Å². The molecule has 0 bridgehead atoms. The molecule has 1 saturated heterocycles. The van der Waals surface area contributed by atoms with Crippen LogP contribution >= 0.6 is 0 Å². The van der Waals surface area contributed by atoms with E-state index in [2.05, 4.69) is 10.3 Å². The third kappa shape index (κ3) is 3.33. The number of rotatable bonds is 3. The third-order valence-corrected chi connectivity index (χ3v) is 5.44. The summed E-state index contributed by atoms with van der Waals surface area (Å²) in [5.41, 5.74) is 2.27. The normalized spacial score (nSPS) is 19.7. The number of carbonyl (C=O) groups is 1. The molecule has 0 spiro atoms. The van der Waals surface area contributed by atoms with E-state index in [0.717, 1.165) is 11.1 Å². The summed E-state index contributed by atoms with van der Waals surface area (Å²) in [5, 5.41) is 2.77. The van der Waals surface area contributed by atoms with E-state index in [-0.39, 0.29) is 23.5 Å². The zero-order chi connectivity index (χ0) is 15.6. The molecule has 2 heterocycles. The largest absolute Gasteiger partial charge is 0.348 e. The second-order valence-electron chi connectivity index (χ2n) is 5.40. The molecule has 1 aromatic heterocycles. The average molecular weight is 316 g/mol. The van der Waals surface area contributed by atoms with Crippen molar-refractivity contribution in [3.63, 3.8) is 0 Å². The van der Waals surface area contributed by atoms with Gasteiger partial charge in [0.2, 0.25) is 0 Å². The van der Waals surface area contributed by atoms with Crippen LogP contribution in [-0.4, -0.2) is 36.9 Å². The molecule has 1 aliphatic rings. The Balaban J connectivity index is 1.76. The summed E-state index contributed by atoms with van der Waals surface area (Å²) >= 11 is 0. The van der Waals surface area contributed by atoms with Gasteiger partial charge in [-0.25, -0.2) is 8.42 Å². The Labute approximate surface area is 129 Å². The summed E-state index contributed by atoms with van der Waals surface area (Å²) in [6.45, 7) is 0. The van der Waals surface area contributed by atoms with Crippen LogP contribution in [-0.2, 0) is 9.84 Å². The van der Waals surface area contributed by atoms with Crippen molar-refractivity contribution in [1.29, 1.82) is 0 Å². The van der Waals surface area contributed by atoms with E-state index >= 15 is 0 Å². The minimum atomic E-state index is -3.00. The number of hydrogen-bond acceptors (Lipinski definition) is 4. The van der Waals surface area contributed by atoms with Crippen molar-refractivity contribution in [3.8, 4) is 11.1 Å². The standard InChI is InChI=1S/C16H16N2O3S/c19-16(18-15-6-7-22(20,21)11-15)14-8-13(9-17-10-14)12-4-2-1-3-5-12/h1-5,8-10,15H,6-7,11H2,(H,18,19). The van der Waals surface area contributed by atoms with Gasteiger partial charge < -0.3 is 5.32 Å². The van der Waals surface area contributed by atoms with E-state index in [9.17, 15) is 13.2 Å². The first kappa shape index (κ1) is 14.7. The van der Waals surface area contributed by atoms with Crippen molar-refractivity contribution in [2.45, 2.75) is 12.5 Å². The monoisotopic (exact) mass is 316 g/mol. The van der Waals surface area contributed by atoms with Gasteiger partial charge >= 0.3 is 0 Å². The highest BCUT2D eigenvalue weighted by Crippen LogP contribution is 2.19. The van der Waals surface area contributed by atoms with Crippen molar-refractivity contribution < 1.29 is 13.2 Å². The van der Waals surface area contributed by atoms with Crippen LogP contribution < -0.4 is 5.32 Å². The Kier molecular flexibility index (Phi) is 3.94. The van der Waals surface area contributed by atoms with Crippen LogP contribution in [0.15, 0.2) is 48.8 Å². The maximum absolute atomic E-state index is 12.2. The highest BCUT2D eigenvalue weighted by Gasteiger charge is 2.29. The highest BCUT2D eigenvalue weighted by molar-refractivity contribution is 7.91. The maximum Gasteiger partial charge on any atom is 0.253 e. The number of carbonyl (C=O) groups excluding carboxylic acids is 1. The lowest BCUT2D eigenvalue weighted by Crippen LogP contribution is -2.35. The van der Waals surface area contributed by atoms with E-state index in [1.807, 2.05) is 30.3 Å². The number of hydrogen-bond donors (Lipinski definition) is 1. The molecular formula is C16H16N2O3S. The third-order valence-electron chi connectivity index (χ3n) is 3.68. The van der Waals surface area contributed by atoms with E-state index < -0.39 is 9.84 Å². The van der Waals surface area contributed by atoms with Crippen LogP contribution in [0.2, 0.25) is 0 Å². The van der Waals surface area contributed by atoms with Crippen LogP contribution in [0.1, 0.15) is 16.8 Å². The number of aromatic nitrogens is 1. The lowest BCUT2D eigenvalue weighted by atomic mass is 10.1. The molecule has 0 radical (unpaired) electrons. The molecule has 3 rings (SSSR count). The molecule has 1 amide bonds. The molecule has 2 aromatic rings. The van der Waals surface area contributed by atoms with Crippen molar-refractivity contribution in [1.82, 2.24) is 10.3 Å². The smallest absolute Gasteiger partial charge is 0.253 e. The Hall–Kier alpha value is -2.21. The molecule has 0 saturated carbocycles. The van der Waals surface area contributed by atoms with E-state index in [1.165, 1.54) is 6.20 Å². The summed E-state index contributed by atoms with van der Waals surface area (Å²) in [4.78, 5) is 16.4. The summed E-state index contributed by atoms with van der Waals surface area (Å²) in [6.07, 6.45) is 3.66. The Morgan fingerprint density at radius 3 is 2.59 bits per heavy atom. The van der Waals surface area contributed by atoms with Crippen molar-refractivity contribution in [2.24, 2.45) is 0 Å². The Morgan fingerprint density at radius 2 is 1.91 bits per heavy atom. The van der Waals surface area contributed by atoms with Gasteiger partial charge in [-0.05, 0) is 18.1 Å². The molecule has 114 valence electrons. The first-order valence-electron chi connectivity index (χ1n) is 7.05. The van der Waals surface area contributed by atoms with Crippen molar-refractivity contribution >= 4 is 15.7 Å². The molecule has 6 heteroatoms. The number of nitrogens with one attached hydrogen (secondary N) is 1. The molecule has 22 heavy (non-hydrogen) atoms. The zero-order valence-electron chi connectivity index (χ0n) is 11.9. The van der Waals surface area contributed by atoms with E-state index in [1.54, 1.807) is 12.3 Å². The first-order valence-corrected chi connectivity index (χ1v) is 8.87. The van der Waals surface area contributed by atoms with E-state index in [0.29, 0.717) is 12.0 Å². The van der Waals surface area contributed by atoms with Gasteiger partial charge in [0.1, 0.15) is 0 Å². The lowest BCUT2D eigenvalue weighted by molar-refractivity contribution is 0.0941. The molecule has 1 fully saturated rings. The van der Waals surface area contributed by atoms with Gasteiger partial charge in [0.15, 0.2) is 9.84 Å². The quantitative estimate of drug-likeness (QED) is 0.934. The lowest BCUT2D eigenvalue weighted by Gasteiger charge is -2.11. The minimum Gasteiger partial charge on any atom is -0.348 e. The summed E-state index contributed by atoms with van der Waals surface area (Å²) < 4.78 is 22.9. The molecule has 0 aliphatic carbocycles.